The summed E-state index contributed by atoms with van der Waals surface area (Å²) in [5.41, 5.74) is 7.46. The van der Waals surface area contributed by atoms with Crippen LogP contribution in [-0.2, 0) is 0 Å². The number of benzene rings is 4. The molecule has 3 heterocycles. The van der Waals surface area contributed by atoms with Gasteiger partial charge < -0.3 is 4.74 Å². The van der Waals surface area contributed by atoms with Gasteiger partial charge in [0.15, 0.2) is 11.5 Å². The highest BCUT2D eigenvalue weighted by molar-refractivity contribution is 7.21. The van der Waals surface area contributed by atoms with Crippen molar-refractivity contribution < 1.29 is 4.74 Å². The van der Waals surface area contributed by atoms with Gasteiger partial charge in [-0.1, -0.05) is 48.5 Å². The molecule has 152 valence electrons. The van der Waals surface area contributed by atoms with E-state index in [1.807, 2.05) is 31.2 Å². The predicted molar refractivity (Wildman–Crippen MR) is 130 cm³/mol. The fourth-order valence-electron chi connectivity index (χ4n) is 4.47. The zero-order valence-electron chi connectivity index (χ0n) is 17.2. The number of fused-ring (bicyclic) bond motifs is 3. The molecule has 1 aliphatic rings. The van der Waals surface area contributed by atoms with Crippen molar-refractivity contribution in [3.05, 3.63) is 90.8 Å². The summed E-state index contributed by atoms with van der Waals surface area (Å²) in [6.07, 6.45) is 0. The van der Waals surface area contributed by atoms with Crippen LogP contribution in [-0.4, -0.2) is 14.5 Å². The van der Waals surface area contributed by atoms with E-state index in [-0.39, 0.29) is 0 Å². The number of para-hydroxylation sites is 2. The van der Waals surface area contributed by atoms with Crippen LogP contribution in [0.25, 0.3) is 48.6 Å². The Hall–Kier alpha value is -3.96. The molecule has 0 spiro atoms. The second kappa shape index (κ2) is 6.52. The number of imidazole rings is 1. The first-order chi connectivity index (χ1) is 15.7. The molecule has 0 N–H and O–H groups in total. The van der Waals surface area contributed by atoms with Crippen molar-refractivity contribution in [2.24, 2.45) is 0 Å². The van der Waals surface area contributed by atoms with Crippen molar-refractivity contribution in [1.29, 1.82) is 0 Å². The third kappa shape index (κ3) is 2.55. The Labute approximate surface area is 188 Å². The molecule has 0 saturated heterocycles. The molecule has 5 heteroatoms. The van der Waals surface area contributed by atoms with E-state index in [9.17, 15) is 0 Å². The second-order valence-electron chi connectivity index (χ2n) is 7.97. The molecule has 6 aromatic rings. The highest BCUT2D eigenvalue weighted by Gasteiger charge is 2.23. The number of thiazole rings is 1. The maximum atomic E-state index is 6.28. The number of hydrogen-bond donors (Lipinski definition) is 0. The zero-order valence-corrected chi connectivity index (χ0v) is 18.1. The smallest absolute Gasteiger partial charge is 0.153 e. The van der Waals surface area contributed by atoms with E-state index in [0.717, 1.165) is 61.3 Å². The number of rotatable bonds is 2. The van der Waals surface area contributed by atoms with Crippen LogP contribution < -0.4 is 4.74 Å². The van der Waals surface area contributed by atoms with Crippen molar-refractivity contribution in [2.75, 3.05) is 0 Å². The van der Waals surface area contributed by atoms with E-state index in [2.05, 4.69) is 65.2 Å². The normalized spacial score (nSPS) is 12.2. The van der Waals surface area contributed by atoms with Crippen LogP contribution in [0.15, 0.2) is 84.9 Å². The van der Waals surface area contributed by atoms with Crippen LogP contribution in [0.5, 0.6) is 11.5 Å². The Bertz CT molecular complexity index is 1630. The van der Waals surface area contributed by atoms with E-state index in [4.69, 9.17) is 14.7 Å². The van der Waals surface area contributed by atoms with E-state index in [1.54, 1.807) is 11.3 Å². The second-order valence-corrected chi connectivity index (χ2v) is 9.00. The first-order valence-electron chi connectivity index (χ1n) is 10.5. The quantitative estimate of drug-likeness (QED) is 0.287. The molecule has 32 heavy (non-hydrogen) atoms. The first-order valence-corrected chi connectivity index (χ1v) is 11.3. The number of ether oxygens (including phenoxy) is 1. The van der Waals surface area contributed by atoms with Crippen molar-refractivity contribution in [2.45, 2.75) is 6.92 Å². The van der Waals surface area contributed by atoms with Gasteiger partial charge in [0.1, 0.15) is 16.3 Å². The van der Waals surface area contributed by atoms with Crippen molar-refractivity contribution in [3.8, 4) is 38.9 Å². The summed E-state index contributed by atoms with van der Waals surface area (Å²) in [5.74, 6) is 2.66. The molecule has 0 amide bonds. The lowest BCUT2D eigenvalue weighted by atomic mass is 10.0. The Balaban J connectivity index is 1.28. The van der Waals surface area contributed by atoms with Gasteiger partial charge in [-0.2, -0.15) is 0 Å². The molecule has 7 rings (SSSR count). The van der Waals surface area contributed by atoms with E-state index < -0.39 is 0 Å². The average molecular weight is 432 g/mol. The predicted octanol–water partition coefficient (Wildman–Crippen LogP) is 7.38. The molecule has 2 aromatic heterocycles. The molecule has 1 aliphatic heterocycles. The summed E-state index contributed by atoms with van der Waals surface area (Å²) >= 11 is 1.72. The number of hydrogen-bond acceptors (Lipinski definition) is 4. The standard InChI is InChI=1S/C27H17N3OS/c1-16-28-21-6-4-7-23-26(21)30(16)22-14-13-19(15-24(22)31-23)17-9-11-18(12-10-17)27-29-20-5-2-3-8-25(20)32-27/h2-15H,1H3. The minimum absolute atomic E-state index is 0.846. The van der Waals surface area contributed by atoms with Crippen LogP contribution in [0.2, 0.25) is 0 Å². The molecule has 0 bridgehead atoms. The Morgan fingerprint density at radius 1 is 0.719 bits per heavy atom. The summed E-state index contributed by atoms with van der Waals surface area (Å²) in [5, 5.41) is 1.04. The number of aromatic nitrogens is 3. The minimum Gasteiger partial charge on any atom is -0.453 e. The molecular weight excluding hydrogens is 414 g/mol. The van der Waals surface area contributed by atoms with Crippen LogP contribution in [0, 0.1) is 6.92 Å². The van der Waals surface area contributed by atoms with Gasteiger partial charge in [-0.15, -0.1) is 11.3 Å². The molecule has 0 radical (unpaired) electrons. The summed E-state index contributed by atoms with van der Waals surface area (Å²) in [6.45, 7) is 2.04. The van der Waals surface area contributed by atoms with Crippen molar-refractivity contribution in [1.82, 2.24) is 14.5 Å². The van der Waals surface area contributed by atoms with Gasteiger partial charge in [-0.3, -0.25) is 4.57 Å². The molecule has 4 aromatic carbocycles. The Morgan fingerprint density at radius 2 is 1.50 bits per heavy atom. The van der Waals surface area contributed by atoms with Gasteiger partial charge in [-0.05, 0) is 54.4 Å². The molecule has 0 aliphatic carbocycles. The zero-order chi connectivity index (χ0) is 21.2. The van der Waals surface area contributed by atoms with E-state index >= 15 is 0 Å². The molecular formula is C27H17N3OS. The fourth-order valence-corrected chi connectivity index (χ4v) is 5.44. The van der Waals surface area contributed by atoms with Gasteiger partial charge >= 0.3 is 0 Å². The van der Waals surface area contributed by atoms with Gasteiger partial charge in [0.2, 0.25) is 0 Å². The van der Waals surface area contributed by atoms with Crippen LogP contribution in [0.1, 0.15) is 5.82 Å². The lowest BCUT2D eigenvalue weighted by Crippen LogP contribution is -2.05. The lowest BCUT2D eigenvalue weighted by molar-refractivity contribution is 0.475. The monoisotopic (exact) mass is 431 g/mol. The van der Waals surface area contributed by atoms with Crippen LogP contribution in [0.3, 0.4) is 0 Å². The van der Waals surface area contributed by atoms with Crippen molar-refractivity contribution >= 4 is 32.6 Å². The highest BCUT2D eigenvalue weighted by atomic mass is 32.1. The molecule has 0 fully saturated rings. The molecule has 4 nitrogen and oxygen atoms in total. The molecule has 0 atom stereocenters. The number of nitrogens with zero attached hydrogens (tertiary/aromatic N) is 3. The summed E-state index contributed by atoms with van der Waals surface area (Å²) < 4.78 is 9.68. The fraction of sp³-hybridized carbons (Fsp3) is 0.0370. The van der Waals surface area contributed by atoms with Gasteiger partial charge in [0, 0.05) is 5.56 Å². The van der Waals surface area contributed by atoms with Crippen molar-refractivity contribution in [3.63, 3.8) is 0 Å². The van der Waals surface area contributed by atoms with Gasteiger partial charge in [0.25, 0.3) is 0 Å². The summed E-state index contributed by atoms with van der Waals surface area (Å²) in [6, 6.07) is 29.3. The maximum Gasteiger partial charge on any atom is 0.153 e. The number of aryl methyl sites for hydroxylation is 1. The first kappa shape index (κ1) is 17.7. The average Bonchev–Trinajstić information content (AvgIpc) is 3.41. The van der Waals surface area contributed by atoms with Crippen LogP contribution >= 0.6 is 11.3 Å². The third-order valence-corrected chi connectivity index (χ3v) is 7.07. The topological polar surface area (TPSA) is 39.9 Å². The summed E-state index contributed by atoms with van der Waals surface area (Å²) in [4.78, 5) is 9.47. The highest BCUT2D eigenvalue weighted by Crippen LogP contribution is 2.42. The summed E-state index contributed by atoms with van der Waals surface area (Å²) in [7, 11) is 0. The van der Waals surface area contributed by atoms with E-state index in [1.165, 1.54) is 4.70 Å². The van der Waals surface area contributed by atoms with Crippen LogP contribution in [0.4, 0.5) is 0 Å². The van der Waals surface area contributed by atoms with Gasteiger partial charge in [0.05, 0.1) is 21.4 Å². The maximum absolute atomic E-state index is 6.28. The Morgan fingerprint density at radius 3 is 2.38 bits per heavy atom. The molecule has 0 saturated carbocycles. The van der Waals surface area contributed by atoms with E-state index in [0.29, 0.717) is 0 Å². The Kier molecular flexibility index (Phi) is 3.60. The third-order valence-electron chi connectivity index (χ3n) is 5.99. The largest absolute Gasteiger partial charge is 0.453 e. The van der Waals surface area contributed by atoms with Gasteiger partial charge in [-0.25, -0.2) is 9.97 Å². The minimum atomic E-state index is 0.846. The lowest BCUT2D eigenvalue weighted by Gasteiger charge is -2.21. The molecule has 0 unspecified atom stereocenters. The SMILES string of the molecule is Cc1nc2cccc3c2n1-c1ccc(-c2ccc(-c4nc5ccccc5s4)cc2)cc1O3.